The molecule has 0 bridgehead atoms. The van der Waals surface area contributed by atoms with Gasteiger partial charge in [-0.15, -0.1) is 0 Å². The van der Waals surface area contributed by atoms with Crippen molar-refractivity contribution < 1.29 is 14.8 Å². The number of nitrogens with zero attached hydrogens (tertiary/aromatic N) is 1. The van der Waals surface area contributed by atoms with E-state index in [9.17, 15) is 9.90 Å². The quantitative estimate of drug-likeness (QED) is 0.844. The van der Waals surface area contributed by atoms with Gasteiger partial charge in [0.2, 0.25) is 0 Å². The fourth-order valence-electron chi connectivity index (χ4n) is 5.13. The third kappa shape index (κ3) is 2.91. The third-order valence-electron chi connectivity index (χ3n) is 6.12. The summed E-state index contributed by atoms with van der Waals surface area (Å²) in [6.07, 6.45) is 1.11. The van der Waals surface area contributed by atoms with Crippen LogP contribution in [0.4, 0.5) is 0 Å². The maximum absolute atomic E-state index is 13.0. The van der Waals surface area contributed by atoms with Gasteiger partial charge in [-0.3, -0.25) is 4.79 Å². The molecule has 4 rings (SSSR count). The Morgan fingerprint density at radius 1 is 1.20 bits per heavy atom. The lowest BCUT2D eigenvalue weighted by Gasteiger charge is -2.39. The molecule has 25 heavy (non-hydrogen) atoms. The van der Waals surface area contributed by atoms with Crippen LogP contribution >= 0.6 is 0 Å². The molecule has 0 aromatic heterocycles. The van der Waals surface area contributed by atoms with Gasteiger partial charge in [0.05, 0.1) is 19.6 Å². The first kappa shape index (κ1) is 16.8. The summed E-state index contributed by atoms with van der Waals surface area (Å²) in [5.41, 5.74) is 3.42. The zero-order valence-corrected chi connectivity index (χ0v) is 15.5. The summed E-state index contributed by atoms with van der Waals surface area (Å²) in [4.78, 5) is 16.8. The van der Waals surface area contributed by atoms with Gasteiger partial charge in [0.15, 0.2) is 5.78 Å². The standard InChI is InChI=1S/C21H28N2O2/c1-21(2)9-15-19(17(24)10-21)20-16(12-22(3)13-18(20)25)23(15)11-14-7-5-4-6-8-14/h4-8,16,18,20,25H,9-13H2,1-3H3/p+1/t16-,18+,20+/m1/s1. The number of aliphatic hydroxyl groups is 1. The minimum atomic E-state index is -0.422. The third-order valence-corrected chi connectivity index (χ3v) is 6.12. The number of carbonyl (C=O) groups is 1. The topological polar surface area (TPSA) is 45.0 Å². The van der Waals surface area contributed by atoms with Crippen LogP contribution < -0.4 is 4.90 Å². The van der Waals surface area contributed by atoms with E-state index >= 15 is 0 Å². The first-order valence-corrected chi connectivity index (χ1v) is 9.42. The van der Waals surface area contributed by atoms with E-state index in [2.05, 4.69) is 50.1 Å². The van der Waals surface area contributed by atoms with Crippen LogP contribution in [0.15, 0.2) is 41.6 Å². The molecule has 1 aromatic rings. The molecule has 2 N–H and O–H groups in total. The minimum absolute atomic E-state index is 0.00204. The second-order valence-corrected chi connectivity index (χ2v) is 8.94. The number of quaternary nitrogens is 1. The molecule has 134 valence electrons. The number of hydrogen-bond acceptors (Lipinski definition) is 3. The number of benzene rings is 1. The largest absolute Gasteiger partial charge is 0.387 e. The molecule has 1 unspecified atom stereocenters. The van der Waals surface area contributed by atoms with E-state index < -0.39 is 6.10 Å². The Balaban J connectivity index is 1.75. The molecular weight excluding hydrogens is 312 g/mol. The molecule has 0 spiro atoms. The highest BCUT2D eigenvalue weighted by atomic mass is 16.3. The average molecular weight is 341 g/mol. The van der Waals surface area contributed by atoms with Crippen LogP contribution in [-0.2, 0) is 11.3 Å². The summed E-state index contributed by atoms with van der Waals surface area (Å²) < 4.78 is 0. The smallest absolute Gasteiger partial charge is 0.161 e. The van der Waals surface area contributed by atoms with Gasteiger partial charge in [-0.25, -0.2) is 0 Å². The number of nitrogens with one attached hydrogen (secondary N) is 1. The highest BCUT2D eigenvalue weighted by Crippen LogP contribution is 2.48. The number of likely N-dealkylation sites (tertiary alicyclic amines) is 1. The van der Waals surface area contributed by atoms with Crippen molar-refractivity contribution >= 4 is 5.78 Å². The van der Waals surface area contributed by atoms with Gasteiger partial charge in [0, 0.05) is 30.2 Å². The van der Waals surface area contributed by atoms with Crippen LogP contribution in [0.5, 0.6) is 0 Å². The van der Waals surface area contributed by atoms with E-state index in [1.54, 1.807) is 0 Å². The van der Waals surface area contributed by atoms with Crippen LogP contribution in [0.1, 0.15) is 32.3 Å². The first-order valence-electron chi connectivity index (χ1n) is 9.42. The Labute approximate surface area is 150 Å². The normalized spacial score (nSPS) is 34.1. The summed E-state index contributed by atoms with van der Waals surface area (Å²) in [5.74, 6) is 0.251. The van der Waals surface area contributed by atoms with Crippen LogP contribution in [0.2, 0.25) is 0 Å². The maximum atomic E-state index is 13.0. The Morgan fingerprint density at radius 3 is 2.64 bits per heavy atom. The minimum Gasteiger partial charge on any atom is -0.387 e. The molecule has 0 amide bonds. The monoisotopic (exact) mass is 341 g/mol. The van der Waals surface area contributed by atoms with E-state index in [4.69, 9.17) is 0 Å². The fraction of sp³-hybridized carbons (Fsp3) is 0.571. The number of aliphatic hydroxyl groups excluding tert-OH is 1. The van der Waals surface area contributed by atoms with Gasteiger partial charge < -0.3 is 14.9 Å². The molecule has 4 nitrogen and oxygen atoms in total. The van der Waals surface area contributed by atoms with Crippen molar-refractivity contribution in [2.75, 3.05) is 20.1 Å². The number of rotatable bonds is 2. The predicted molar refractivity (Wildman–Crippen MR) is 96.9 cm³/mol. The van der Waals surface area contributed by atoms with Crippen molar-refractivity contribution in [2.24, 2.45) is 11.3 Å². The summed E-state index contributed by atoms with van der Waals surface area (Å²) in [6.45, 7) is 6.91. The molecule has 4 atom stereocenters. The molecule has 2 heterocycles. The van der Waals surface area contributed by atoms with Crippen LogP contribution in [0.3, 0.4) is 0 Å². The summed E-state index contributed by atoms with van der Waals surface area (Å²) >= 11 is 0. The zero-order valence-electron chi connectivity index (χ0n) is 15.5. The van der Waals surface area contributed by atoms with Gasteiger partial charge in [-0.1, -0.05) is 44.2 Å². The van der Waals surface area contributed by atoms with Gasteiger partial charge in [0.25, 0.3) is 0 Å². The van der Waals surface area contributed by atoms with Crippen molar-refractivity contribution in [1.29, 1.82) is 0 Å². The van der Waals surface area contributed by atoms with Gasteiger partial charge in [0.1, 0.15) is 12.6 Å². The Hall–Kier alpha value is -1.65. The maximum Gasteiger partial charge on any atom is 0.161 e. The van der Waals surface area contributed by atoms with Crippen molar-refractivity contribution in [3.8, 4) is 0 Å². The van der Waals surface area contributed by atoms with E-state index in [0.29, 0.717) is 6.42 Å². The van der Waals surface area contributed by atoms with Crippen LogP contribution in [-0.4, -0.2) is 48.1 Å². The number of hydrogen-bond donors (Lipinski definition) is 2. The van der Waals surface area contributed by atoms with Crippen molar-refractivity contribution in [3.05, 3.63) is 47.2 Å². The number of piperidine rings is 1. The molecule has 0 saturated carbocycles. The lowest BCUT2D eigenvalue weighted by atomic mass is 9.72. The molecule has 1 aliphatic carbocycles. The molecular formula is C21H29N2O2+. The highest BCUT2D eigenvalue weighted by Gasteiger charge is 2.53. The Bertz CT molecular complexity index is 710. The Morgan fingerprint density at radius 2 is 1.92 bits per heavy atom. The summed E-state index contributed by atoms with van der Waals surface area (Å²) in [6, 6.07) is 10.7. The van der Waals surface area contributed by atoms with E-state index in [1.807, 2.05) is 6.07 Å². The molecule has 2 aliphatic heterocycles. The second kappa shape index (κ2) is 5.96. The fourth-order valence-corrected chi connectivity index (χ4v) is 5.13. The van der Waals surface area contributed by atoms with Gasteiger partial charge in [-0.2, -0.15) is 0 Å². The molecule has 1 saturated heterocycles. The van der Waals surface area contributed by atoms with E-state index in [1.165, 1.54) is 16.2 Å². The van der Waals surface area contributed by atoms with E-state index in [-0.39, 0.29) is 23.2 Å². The first-order chi connectivity index (χ1) is 11.9. The molecule has 1 aromatic carbocycles. The predicted octanol–water partition coefficient (Wildman–Crippen LogP) is 1.02. The lowest BCUT2D eigenvalue weighted by molar-refractivity contribution is -0.891. The highest BCUT2D eigenvalue weighted by molar-refractivity contribution is 5.98. The zero-order chi connectivity index (χ0) is 17.8. The number of carbonyl (C=O) groups excluding carboxylic acids is 1. The molecule has 3 aliphatic rings. The Kier molecular flexibility index (Phi) is 4.00. The second-order valence-electron chi connectivity index (χ2n) is 8.94. The lowest BCUT2D eigenvalue weighted by Crippen LogP contribution is -3.13. The SMILES string of the molecule is C[NH+]1C[C@@H]2[C@H](C3=C(CC(C)(C)CC3=O)N2Cc2ccccc2)[C@@H](O)C1. The van der Waals surface area contributed by atoms with Crippen LogP contribution in [0.25, 0.3) is 0 Å². The van der Waals surface area contributed by atoms with E-state index in [0.717, 1.165) is 31.6 Å². The van der Waals surface area contributed by atoms with Crippen molar-refractivity contribution in [1.82, 2.24) is 4.90 Å². The number of likely N-dealkylation sites (N-methyl/N-ethyl adjacent to an activating group) is 1. The average Bonchev–Trinajstić information content (AvgIpc) is 2.82. The van der Waals surface area contributed by atoms with Crippen molar-refractivity contribution in [3.63, 3.8) is 0 Å². The number of ketones is 1. The molecule has 4 heteroatoms. The number of fused-ring (bicyclic) bond motifs is 2. The van der Waals surface area contributed by atoms with Gasteiger partial charge in [-0.05, 0) is 17.4 Å². The summed E-state index contributed by atoms with van der Waals surface area (Å²) in [7, 11) is 2.14. The summed E-state index contributed by atoms with van der Waals surface area (Å²) in [5, 5.41) is 10.8. The van der Waals surface area contributed by atoms with Crippen LogP contribution in [0, 0.1) is 11.3 Å². The molecule has 1 fully saturated rings. The van der Waals surface area contributed by atoms with Crippen molar-refractivity contribution in [2.45, 2.75) is 45.4 Å². The molecule has 0 radical (unpaired) electrons. The number of allylic oxidation sites excluding steroid dienone is 1. The van der Waals surface area contributed by atoms with Gasteiger partial charge >= 0.3 is 0 Å². The number of Topliss-reactive ketones (excluding diaryl/α,β-unsaturated/α-hetero) is 1.